The van der Waals surface area contributed by atoms with Gasteiger partial charge in [-0.2, -0.15) is 0 Å². The van der Waals surface area contributed by atoms with Crippen molar-refractivity contribution in [2.45, 2.75) is 0 Å². The SMILES string of the molecule is Nc1nonc1-c1nnc(N)n1N.O=[N+]([O-])[O-].O=[N+]([O-])[O-].[Co+2]. The van der Waals surface area contributed by atoms with Crippen molar-refractivity contribution in [3.63, 3.8) is 0 Å². The van der Waals surface area contributed by atoms with E-state index in [0.717, 1.165) is 4.68 Å². The molecular weight excluding hydrogens is 359 g/mol. The second kappa shape index (κ2) is 9.48. The number of aromatic nitrogens is 5. The summed E-state index contributed by atoms with van der Waals surface area (Å²) in [6.45, 7) is 0. The normalized spacial score (nSPS) is 8.36. The molecule has 1 radical (unpaired) electrons. The zero-order valence-electron chi connectivity index (χ0n) is 10.1. The summed E-state index contributed by atoms with van der Waals surface area (Å²) < 4.78 is 5.40. The van der Waals surface area contributed by atoms with Gasteiger partial charge in [0.1, 0.15) is 0 Å². The van der Waals surface area contributed by atoms with Gasteiger partial charge in [-0.1, -0.05) is 0 Å². The first-order valence-electron chi connectivity index (χ1n) is 4.34. The topological polar surface area (TPSA) is 280 Å². The molecule has 18 heteroatoms. The number of hydrogen-bond donors (Lipinski definition) is 3. The molecule has 0 aliphatic rings. The van der Waals surface area contributed by atoms with Crippen molar-refractivity contribution in [3.05, 3.63) is 30.6 Å². The molecule has 0 bridgehead atoms. The Morgan fingerprint density at radius 3 is 1.73 bits per heavy atom. The van der Waals surface area contributed by atoms with Crippen LogP contribution >= 0.6 is 0 Å². The molecular formula is C4H6CoN10O7. The first-order valence-corrected chi connectivity index (χ1v) is 4.34. The van der Waals surface area contributed by atoms with Crippen molar-refractivity contribution < 1.29 is 31.6 Å². The zero-order valence-corrected chi connectivity index (χ0v) is 11.1. The predicted octanol–water partition coefficient (Wildman–Crippen LogP) is -2.27. The summed E-state index contributed by atoms with van der Waals surface area (Å²) in [7, 11) is 0. The average molecular weight is 365 g/mol. The van der Waals surface area contributed by atoms with Crippen LogP contribution < -0.4 is 17.3 Å². The molecule has 0 fully saturated rings. The minimum atomic E-state index is -1.75. The Morgan fingerprint density at radius 1 is 1.00 bits per heavy atom. The summed E-state index contributed by atoms with van der Waals surface area (Å²) in [5.74, 6) is 5.80. The number of rotatable bonds is 1. The maximum Gasteiger partial charge on any atom is 2.00 e. The van der Waals surface area contributed by atoms with Gasteiger partial charge in [-0.15, -0.1) is 10.2 Å². The van der Waals surface area contributed by atoms with E-state index in [-0.39, 0.29) is 40.1 Å². The molecule has 0 aliphatic carbocycles. The van der Waals surface area contributed by atoms with Crippen molar-refractivity contribution in [2.24, 2.45) is 0 Å². The molecule has 0 unspecified atom stereocenters. The molecule has 2 heterocycles. The summed E-state index contributed by atoms with van der Waals surface area (Å²) in [5.41, 5.74) is 11.0. The second-order valence-corrected chi connectivity index (χ2v) is 2.70. The second-order valence-electron chi connectivity index (χ2n) is 2.70. The molecule has 0 aromatic carbocycles. The van der Waals surface area contributed by atoms with Crippen molar-refractivity contribution in [3.8, 4) is 11.5 Å². The Labute approximate surface area is 129 Å². The Hall–Kier alpha value is -3.41. The van der Waals surface area contributed by atoms with Crippen molar-refractivity contribution >= 4 is 11.8 Å². The quantitative estimate of drug-likeness (QED) is 0.273. The van der Waals surface area contributed by atoms with Crippen LogP contribution in [0.2, 0.25) is 0 Å². The van der Waals surface area contributed by atoms with E-state index >= 15 is 0 Å². The average Bonchev–Trinajstić information content (AvgIpc) is 2.86. The van der Waals surface area contributed by atoms with Crippen LogP contribution in [0, 0.1) is 30.6 Å². The van der Waals surface area contributed by atoms with Crippen LogP contribution in [0.5, 0.6) is 0 Å². The maximum atomic E-state index is 8.25. The van der Waals surface area contributed by atoms with E-state index in [4.69, 9.17) is 48.0 Å². The Kier molecular flexibility index (Phi) is 9.01. The third-order valence-electron chi connectivity index (χ3n) is 1.45. The van der Waals surface area contributed by atoms with E-state index in [2.05, 4.69) is 25.1 Å². The van der Waals surface area contributed by atoms with Crippen LogP contribution in [-0.2, 0) is 16.8 Å². The molecule has 6 N–H and O–H groups in total. The smallest absolute Gasteiger partial charge is 0.379 e. The maximum absolute atomic E-state index is 8.25. The van der Waals surface area contributed by atoms with E-state index in [1.54, 1.807) is 0 Å². The van der Waals surface area contributed by atoms with Gasteiger partial charge in [-0.05, 0) is 10.3 Å². The van der Waals surface area contributed by atoms with Gasteiger partial charge in [0.2, 0.25) is 11.8 Å². The van der Waals surface area contributed by atoms with Gasteiger partial charge in [0.25, 0.3) is 0 Å². The van der Waals surface area contributed by atoms with Gasteiger partial charge in [0, 0.05) is 0 Å². The van der Waals surface area contributed by atoms with Crippen LogP contribution in [0.15, 0.2) is 4.63 Å². The van der Waals surface area contributed by atoms with Crippen molar-refractivity contribution in [1.82, 2.24) is 25.2 Å². The van der Waals surface area contributed by atoms with Gasteiger partial charge in [-0.25, -0.2) is 9.31 Å². The summed E-state index contributed by atoms with van der Waals surface area (Å²) in [6.07, 6.45) is 0. The monoisotopic (exact) mass is 365 g/mol. The molecule has 0 atom stereocenters. The van der Waals surface area contributed by atoms with Crippen LogP contribution in [0.25, 0.3) is 11.5 Å². The van der Waals surface area contributed by atoms with Crippen LogP contribution in [0.3, 0.4) is 0 Å². The molecule has 2 aromatic rings. The molecule has 17 nitrogen and oxygen atoms in total. The number of nitrogens with zero attached hydrogens (tertiary/aromatic N) is 7. The van der Waals surface area contributed by atoms with Crippen LogP contribution in [0.1, 0.15) is 0 Å². The largest absolute Gasteiger partial charge is 2.00 e. The Bertz CT molecular complexity index is 590. The van der Waals surface area contributed by atoms with E-state index in [1.165, 1.54) is 0 Å². The molecule has 0 saturated carbocycles. The van der Waals surface area contributed by atoms with Gasteiger partial charge in [0.15, 0.2) is 11.5 Å². The third-order valence-corrected chi connectivity index (χ3v) is 1.45. The van der Waals surface area contributed by atoms with E-state index in [0.29, 0.717) is 0 Å². The standard InChI is InChI=1S/C4H6N8O.Co.2NO3/c5-2-1(10-13-11-2)3-8-9-4(6)12(3)7;;2*2-1(3)4/h7H2,(H2,5,11)(H2,6,9);;;/q;+2;2*-1. The number of nitrogens with two attached hydrogens (primary N) is 3. The third kappa shape index (κ3) is 7.24. The number of anilines is 2. The van der Waals surface area contributed by atoms with E-state index in [9.17, 15) is 0 Å². The van der Waals surface area contributed by atoms with Crippen LogP contribution in [-0.4, -0.2) is 35.4 Å². The fourth-order valence-electron chi connectivity index (χ4n) is 0.816. The summed E-state index contributed by atoms with van der Waals surface area (Å²) in [5, 5.41) is 43.5. The molecule has 0 saturated heterocycles. The Balaban J connectivity index is 0. The number of nitrogen functional groups attached to an aromatic ring is 3. The van der Waals surface area contributed by atoms with Gasteiger partial charge < -0.3 is 48.0 Å². The molecule has 123 valence electrons. The fourth-order valence-corrected chi connectivity index (χ4v) is 0.816. The predicted molar refractivity (Wildman–Crippen MR) is 63.0 cm³/mol. The minimum Gasteiger partial charge on any atom is -0.379 e. The van der Waals surface area contributed by atoms with Crippen molar-refractivity contribution in [1.29, 1.82) is 0 Å². The number of hydrogen-bond acceptors (Lipinski definition) is 14. The molecule has 0 amide bonds. The molecule has 0 spiro atoms. The first-order chi connectivity index (χ1) is 9.66. The molecule has 0 aliphatic heterocycles. The molecule has 2 aromatic heterocycles. The molecule has 22 heavy (non-hydrogen) atoms. The van der Waals surface area contributed by atoms with Gasteiger partial charge in [0.05, 0.1) is 10.2 Å². The van der Waals surface area contributed by atoms with E-state index < -0.39 is 10.2 Å². The minimum absolute atomic E-state index is 0. The van der Waals surface area contributed by atoms with Crippen LogP contribution in [0.4, 0.5) is 11.8 Å². The van der Waals surface area contributed by atoms with E-state index in [1.807, 2.05) is 0 Å². The Morgan fingerprint density at radius 2 is 1.45 bits per heavy atom. The fraction of sp³-hybridized carbons (Fsp3) is 0. The first kappa shape index (κ1) is 20.9. The molecule has 2 rings (SSSR count). The van der Waals surface area contributed by atoms with Crippen molar-refractivity contribution in [2.75, 3.05) is 17.3 Å². The zero-order chi connectivity index (χ0) is 16.6. The van der Waals surface area contributed by atoms with Gasteiger partial charge in [-0.3, -0.25) is 0 Å². The van der Waals surface area contributed by atoms with Gasteiger partial charge >= 0.3 is 16.8 Å². The summed E-state index contributed by atoms with van der Waals surface area (Å²) >= 11 is 0. The summed E-state index contributed by atoms with van der Waals surface area (Å²) in [4.78, 5) is 16.5. The summed E-state index contributed by atoms with van der Waals surface area (Å²) in [6, 6.07) is 0.